The van der Waals surface area contributed by atoms with Gasteiger partial charge in [0.15, 0.2) is 4.34 Å². The summed E-state index contributed by atoms with van der Waals surface area (Å²) in [5.74, 6) is 2.23. The summed E-state index contributed by atoms with van der Waals surface area (Å²) < 4.78 is 19.7. The lowest BCUT2D eigenvalue weighted by Gasteiger charge is -2.07. The fourth-order valence-corrected chi connectivity index (χ4v) is 4.78. The highest BCUT2D eigenvalue weighted by Crippen LogP contribution is 2.32. The molecular formula is C17H16FN3OS3. The molecule has 3 aromatic rings. The Morgan fingerprint density at radius 2 is 1.80 bits per heavy atom. The molecule has 0 atom stereocenters. The molecule has 0 radical (unpaired) electrons. The molecule has 0 amide bonds. The van der Waals surface area contributed by atoms with E-state index in [1.807, 2.05) is 30.3 Å². The third-order valence-corrected chi connectivity index (χ3v) is 6.44. The maximum atomic E-state index is 13.5. The van der Waals surface area contributed by atoms with Crippen molar-refractivity contribution in [2.45, 2.75) is 9.24 Å². The predicted octanol–water partition coefficient (Wildman–Crippen LogP) is 5.31. The van der Waals surface area contributed by atoms with Gasteiger partial charge in [-0.1, -0.05) is 47.4 Å². The van der Waals surface area contributed by atoms with E-state index < -0.39 is 0 Å². The number of halogens is 1. The molecule has 8 heteroatoms. The van der Waals surface area contributed by atoms with Gasteiger partial charge in [-0.25, -0.2) is 4.39 Å². The number of methoxy groups -OCH3 is 1. The Balaban J connectivity index is 1.49. The molecule has 0 fully saturated rings. The third-order valence-electron chi connectivity index (χ3n) is 3.16. The van der Waals surface area contributed by atoms with Crippen molar-refractivity contribution >= 4 is 45.7 Å². The van der Waals surface area contributed by atoms with Crippen molar-refractivity contribution in [2.24, 2.45) is 0 Å². The zero-order chi connectivity index (χ0) is 17.5. The molecule has 0 spiro atoms. The van der Waals surface area contributed by atoms with Crippen LogP contribution >= 0.6 is 34.9 Å². The molecule has 1 aromatic heterocycles. The molecule has 0 saturated heterocycles. The normalized spacial score (nSPS) is 10.6. The minimum Gasteiger partial charge on any atom is -0.495 e. The molecule has 2 aromatic carbocycles. The van der Waals surface area contributed by atoms with Gasteiger partial charge in [0, 0.05) is 16.4 Å². The quantitative estimate of drug-likeness (QED) is 0.413. The fourth-order valence-electron chi connectivity index (χ4n) is 2.02. The molecule has 0 aliphatic heterocycles. The molecule has 0 bridgehead atoms. The lowest BCUT2D eigenvalue weighted by molar-refractivity contribution is 0.417. The molecule has 1 heterocycles. The van der Waals surface area contributed by atoms with Gasteiger partial charge in [0.1, 0.15) is 11.6 Å². The van der Waals surface area contributed by atoms with Crippen LogP contribution in [0, 0.1) is 5.82 Å². The SMILES string of the molecule is COc1ccccc1Nc1nnc(SCCSc2ccccc2F)s1. The number of aromatic nitrogens is 2. The molecule has 130 valence electrons. The Kier molecular flexibility index (Phi) is 6.55. The van der Waals surface area contributed by atoms with Crippen molar-refractivity contribution < 1.29 is 9.13 Å². The van der Waals surface area contributed by atoms with E-state index in [-0.39, 0.29) is 5.82 Å². The molecule has 4 nitrogen and oxygen atoms in total. The fraction of sp³-hybridized carbons (Fsp3) is 0.176. The Morgan fingerprint density at radius 1 is 1.04 bits per heavy atom. The van der Waals surface area contributed by atoms with Gasteiger partial charge in [-0.05, 0) is 24.3 Å². The highest BCUT2D eigenvalue weighted by atomic mass is 32.2. The average Bonchev–Trinajstić information content (AvgIpc) is 3.08. The van der Waals surface area contributed by atoms with E-state index in [1.165, 1.54) is 29.2 Å². The minimum absolute atomic E-state index is 0.170. The first kappa shape index (κ1) is 18.0. The summed E-state index contributed by atoms with van der Waals surface area (Å²) >= 11 is 4.61. The van der Waals surface area contributed by atoms with Crippen LogP contribution < -0.4 is 10.1 Å². The minimum atomic E-state index is -0.170. The molecule has 1 N–H and O–H groups in total. The standard InChI is InChI=1S/C17H16FN3OS3/c1-22-14-8-4-3-7-13(14)19-16-20-21-17(25-16)24-11-10-23-15-9-5-2-6-12(15)18/h2-9H,10-11H2,1H3,(H,19,20). The van der Waals surface area contributed by atoms with Crippen molar-refractivity contribution in [2.75, 3.05) is 23.9 Å². The smallest absolute Gasteiger partial charge is 0.210 e. The van der Waals surface area contributed by atoms with Crippen LogP contribution in [0.2, 0.25) is 0 Å². The second-order valence-corrected chi connectivity index (χ2v) is 8.28. The highest BCUT2D eigenvalue weighted by molar-refractivity contribution is 8.03. The van der Waals surface area contributed by atoms with Crippen LogP contribution in [0.15, 0.2) is 57.8 Å². The number of thioether (sulfide) groups is 2. The summed E-state index contributed by atoms with van der Waals surface area (Å²) in [6.07, 6.45) is 0. The Hall–Kier alpha value is -1.77. The van der Waals surface area contributed by atoms with E-state index in [9.17, 15) is 4.39 Å². The summed E-state index contributed by atoms with van der Waals surface area (Å²) in [5.41, 5.74) is 0.854. The number of nitrogens with one attached hydrogen (secondary N) is 1. The van der Waals surface area contributed by atoms with Crippen molar-refractivity contribution in [1.29, 1.82) is 0 Å². The highest BCUT2D eigenvalue weighted by Gasteiger charge is 2.08. The van der Waals surface area contributed by atoms with Crippen molar-refractivity contribution in [3.8, 4) is 5.75 Å². The second-order valence-electron chi connectivity index (χ2n) is 4.83. The number of rotatable bonds is 8. The average molecular weight is 394 g/mol. The van der Waals surface area contributed by atoms with Gasteiger partial charge in [0.25, 0.3) is 0 Å². The molecular weight excluding hydrogens is 377 g/mol. The Morgan fingerprint density at radius 3 is 2.64 bits per heavy atom. The number of nitrogens with zero attached hydrogens (tertiary/aromatic N) is 2. The van der Waals surface area contributed by atoms with Crippen molar-refractivity contribution in [1.82, 2.24) is 10.2 Å². The van der Waals surface area contributed by atoms with Crippen LogP contribution in [-0.4, -0.2) is 28.8 Å². The molecule has 0 aliphatic carbocycles. The third kappa shape index (κ3) is 5.10. The van der Waals surface area contributed by atoms with Gasteiger partial charge in [-0.2, -0.15) is 0 Å². The summed E-state index contributed by atoms with van der Waals surface area (Å²) in [7, 11) is 1.63. The van der Waals surface area contributed by atoms with Crippen LogP contribution in [0.3, 0.4) is 0 Å². The topological polar surface area (TPSA) is 47.0 Å². The van der Waals surface area contributed by atoms with Crippen LogP contribution in [0.1, 0.15) is 0 Å². The molecule has 0 aliphatic rings. The zero-order valence-electron chi connectivity index (χ0n) is 13.4. The van der Waals surface area contributed by atoms with Crippen molar-refractivity contribution in [3.63, 3.8) is 0 Å². The lowest BCUT2D eigenvalue weighted by atomic mass is 10.3. The maximum Gasteiger partial charge on any atom is 0.210 e. The number of ether oxygens (including phenoxy) is 1. The van der Waals surface area contributed by atoms with Gasteiger partial charge < -0.3 is 10.1 Å². The number of anilines is 2. The van der Waals surface area contributed by atoms with E-state index in [0.717, 1.165) is 27.3 Å². The molecule has 25 heavy (non-hydrogen) atoms. The van der Waals surface area contributed by atoms with Crippen LogP contribution in [-0.2, 0) is 0 Å². The zero-order valence-corrected chi connectivity index (χ0v) is 15.9. The van der Waals surface area contributed by atoms with Gasteiger partial charge in [0.2, 0.25) is 5.13 Å². The van der Waals surface area contributed by atoms with E-state index >= 15 is 0 Å². The van der Waals surface area contributed by atoms with E-state index in [0.29, 0.717) is 10.0 Å². The summed E-state index contributed by atoms with van der Waals surface area (Å²) in [6, 6.07) is 14.5. The van der Waals surface area contributed by atoms with Gasteiger partial charge in [-0.3, -0.25) is 0 Å². The molecule has 0 unspecified atom stereocenters. The first-order chi connectivity index (χ1) is 12.3. The Bertz CT molecular complexity index is 828. The van der Waals surface area contributed by atoms with E-state index in [2.05, 4.69) is 15.5 Å². The van der Waals surface area contributed by atoms with Crippen LogP contribution in [0.25, 0.3) is 0 Å². The molecule has 0 saturated carbocycles. The maximum absolute atomic E-state index is 13.5. The number of benzene rings is 2. The van der Waals surface area contributed by atoms with Crippen LogP contribution in [0.4, 0.5) is 15.2 Å². The Labute approximate surface area is 158 Å². The van der Waals surface area contributed by atoms with E-state index in [1.54, 1.807) is 31.0 Å². The monoisotopic (exact) mass is 393 g/mol. The summed E-state index contributed by atoms with van der Waals surface area (Å²) in [5, 5.41) is 12.3. The summed E-state index contributed by atoms with van der Waals surface area (Å²) in [6.45, 7) is 0. The van der Waals surface area contributed by atoms with Crippen molar-refractivity contribution in [3.05, 3.63) is 54.3 Å². The number of para-hydroxylation sites is 2. The van der Waals surface area contributed by atoms with Gasteiger partial charge in [0.05, 0.1) is 12.8 Å². The predicted molar refractivity (Wildman–Crippen MR) is 104 cm³/mol. The summed E-state index contributed by atoms with van der Waals surface area (Å²) in [4.78, 5) is 0.680. The lowest BCUT2D eigenvalue weighted by Crippen LogP contribution is -1.93. The van der Waals surface area contributed by atoms with Gasteiger partial charge in [-0.15, -0.1) is 22.0 Å². The molecule has 3 rings (SSSR count). The van der Waals surface area contributed by atoms with E-state index in [4.69, 9.17) is 4.74 Å². The number of hydrogen-bond donors (Lipinski definition) is 1. The largest absolute Gasteiger partial charge is 0.495 e. The second kappa shape index (κ2) is 9.07. The first-order valence-electron chi connectivity index (χ1n) is 7.50. The first-order valence-corrected chi connectivity index (χ1v) is 10.3. The number of hydrogen-bond acceptors (Lipinski definition) is 7. The van der Waals surface area contributed by atoms with Crippen LogP contribution in [0.5, 0.6) is 5.75 Å². The van der Waals surface area contributed by atoms with Gasteiger partial charge >= 0.3 is 0 Å².